The molecule has 0 N–H and O–H groups in total. The predicted octanol–water partition coefficient (Wildman–Crippen LogP) is 2.38. The number of nitrogens with zero attached hydrogens (tertiary/aromatic N) is 2. The van der Waals surface area contributed by atoms with Gasteiger partial charge in [-0.2, -0.15) is 4.31 Å². The zero-order valence-electron chi connectivity index (χ0n) is 12.9. The van der Waals surface area contributed by atoms with Crippen molar-refractivity contribution in [3.63, 3.8) is 0 Å². The van der Waals surface area contributed by atoms with Gasteiger partial charge in [0.25, 0.3) is 0 Å². The van der Waals surface area contributed by atoms with Crippen molar-refractivity contribution in [2.45, 2.75) is 49.5 Å². The molecule has 1 amide bonds. The Kier molecular flexibility index (Phi) is 4.23. The van der Waals surface area contributed by atoms with Gasteiger partial charge in [-0.05, 0) is 43.5 Å². The first-order valence-corrected chi connectivity index (χ1v) is 9.32. The van der Waals surface area contributed by atoms with E-state index in [2.05, 4.69) is 0 Å². The van der Waals surface area contributed by atoms with Gasteiger partial charge in [-0.3, -0.25) is 4.79 Å². The Hall–Kier alpha value is -1.40. The number of hydrogen-bond acceptors (Lipinski definition) is 3. The number of hydrogen-bond donors (Lipinski definition) is 0. The van der Waals surface area contributed by atoms with Gasteiger partial charge in [0.2, 0.25) is 15.9 Å². The second-order valence-corrected chi connectivity index (χ2v) is 8.10. The van der Waals surface area contributed by atoms with Crippen LogP contribution in [0.1, 0.15) is 38.5 Å². The first kappa shape index (κ1) is 15.5. The lowest BCUT2D eigenvalue weighted by molar-refractivity contribution is -0.117. The summed E-state index contributed by atoms with van der Waals surface area (Å²) in [5, 5.41) is 0. The lowest BCUT2D eigenvalue weighted by Crippen LogP contribution is -2.35. The van der Waals surface area contributed by atoms with Gasteiger partial charge in [-0.15, -0.1) is 0 Å². The molecule has 1 saturated carbocycles. The summed E-state index contributed by atoms with van der Waals surface area (Å²) in [6.07, 6.45) is 5.51. The van der Waals surface area contributed by atoms with E-state index in [0.717, 1.165) is 37.8 Å². The first-order valence-electron chi connectivity index (χ1n) is 7.88. The summed E-state index contributed by atoms with van der Waals surface area (Å²) in [6.45, 7) is 0.715. The molecule has 0 atom stereocenters. The van der Waals surface area contributed by atoms with E-state index in [1.165, 1.54) is 4.31 Å². The highest BCUT2D eigenvalue weighted by Crippen LogP contribution is 2.28. The average molecular weight is 322 g/mol. The summed E-state index contributed by atoms with van der Waals surface area (Å²) in [6, 6.07) is 6.81. The zero-order chi connectivity index (χ0) is 15.7. The molecule has 5 nitrogen and oxygen atoms in total. The van der Waals surface area contributed by atoms with Gasteiger partial charge in [0, 0.05) is 31.7 Å². The van der Waals surface area contributed by atoms with Crippen molar-refractivity contribution in [1.29, 1.82) is 0 Å². The third-order valence-electron chi connectivity index (χ3n) is 4.74. The van der Waals surface area contributed by atoms with Gasteiger partial charge in [-0.25, -0.2) is 8.42 Å². The maximum absolute atomic E-state index is 12.7. The molecule has 1 heterocycles. The van der Waals surface area contributed by atoms with E-state index in [9.17, 15) is 13.2 Å². The van der Waals surface area contributed by atoms with Crippen molar-refractivity contribution < 1.29 is 13.2 Å². The van der Waals surface area contributed by atoms with Gasteiger partial charge in [0.15, 0.2) is 0 Å². The summed E-state index contributed by atoms with van der Waals surface area (Å²) in [7, 11) is -1.78. The van der Waals surface area contributed by atoms with E-state index in [4.69, 9.17) is 0 Å². The van der Waals surface area contributed by atoms with Gasteiger partial charge in [-0.1, -0.05) is 12.8 Å². The van der Waals surface area contributed by atoms with Crippen molar-refractivity contribution in [1.82, 2.24) is 4.31 Å². The van der Waals surface area contributed by atoms with Crippen LogP contribution in [0.25, 0.3) is 0 Å². The molecule has 1 aliphatic heterocycles. The van der Waals surface area contributed by atoms with Crippen molar-refractivity contribution in [3.8, 4) is 0 Å². The maximum Gasteiger partial charge on any atom is 0.243 e. The van der Waals surface area contributed by atoms with Gasteiger partial charge in [0.1, 0.15) is 0 Å². The molecule has 120 valence electrons. The maximum atomic E-state index is 12.7. The van der Waals surface area contributed by atoms with Crippen LogP contribution < -0.4 is 4.90 Å². The number of benzene rings is 1. The number of anilines is 1. The van der Waals surface area contributed by atoms with Crippen LogP contribution in [0.15, 0.2) is 29.2 Å². The first-order chi connectivity index (χ1) is 10.5. The monoisotopic (exact) mass is 322 g/mol. The number of sulfonamides is 1. The van der Waals surface area contributed by atoms with E-state index in [0.29, 0.717) is 17.9 Å². The summed E-state index contributed by atoms with van der Waals surface area (Å²) in [5.74, 6) is 0.110. The minimum atomic E-state index is -3.45. The average Bonchev–Trinajstić information content (AvgIpc) is 3.18. The fourth-order valence-electron chi connectivity index (χ4n) is 3.35. The molecule has 1 aromatic carbocycles. The Balaban J connectivity index is 1.80. The van der Waals surface area contributed by atoms with E-state index >= 15 is 0 Å². The van der Waals surface area contributed by atoms with E-state index < -0.39 is 10.0 Å². The van der Waals surface area contributed by atoms with Crippen LogP contribution in [0.5, 0.6) is 0 Å². The Bertz CT molecular complexity index is 648. The molecule has 1 saturated heterocycles. The molecule has 0 bridgehead atoms. The lowest BCUT2D eigenvalue weighted by atomic mass is 10.3. The number of carbonyl (C=O) groups is 1. The molecule has 1 aromatic rings. The fraction of sp³-hybridized carbons (Fsp3) is 0.562. The Morgan fingerprint density at radius 1 is 1.09 bits per heavy atom. The fourth-order valence-corrected chi connectivity index (χ4v) is 4.77. The standard InChI is InChI=1S/C16H22N2O3S/c1-17(13-5-2-3-6-13)22(20,21)15-10-8-14(9-11-15)18-12-4-7-16(18)19/h8-11,13H,2-7,12H2,1H3. The van der Waals surface area contributed by atoms with Crippen LogP contribution in [0.2, 0.25) is 0 Å². The number of amides is 1. The quantitative estimate of drug-likeness (QED) is 0.855. The Morgan fingerprint density at radius 2 is 1.73 bits per heavy atom. The van der Waals surface area contributed by atoms with Crippen molar-refractivity contribution in [3.05, 3.63) is 24.3 Å². The molecule has 2 fully saturated rings. The molecule has 6 heteroatoms. The molecule has 1 aliphatic carbocycles. The number of rotatable bonds is 4. The van der Waals surface area contributed by atoms with E-state index in [-0.39, 0.29) is 11.9 Å². The summed E-state index contributed by atoms with van der Waals surface area (Å²) in [5.41, 5.74) is 0.782. The van der Waals surface area contributed by atoms with Gasteiger partial charge < -0.3 is 4.90 Å². The van der Waals surface area contributed by atoms with E-state index in [1.54, 1.807) is 36.2 Å². The van der Waals surface area contributed by atoms with Gasteiger partial charge >= 0.3 is 0 Å². The highest BCUT2D eigenvalue weighted by molar-refractivity contribution is 7.89. The predicted molar refractivity (Wildman–Crippen MR) is 85.2 cm³/mol. The highest BCUT2D eigenvalue weighted by atomic mass is 32.2. The number of carbonyl (C=O) groups excluding carboxylic acids is 1. The van der Waals surface area contributed by atoms with Crippen LogP contribution in [0.3, 0.4) is 0 Å². The Labute approximate surface area is 132 Å². The minimum absolute atomic E-state index is 0.110. The second kappa shape index (κ2) is 6.01. The largest absolute Gasteiger partial charge is 0.312 e. The smallest absolute Gasteiger partial charge is 0.243 e. The molecular formula is C16H22N2O3S. The third-order valence-corrected chi connectivity index (χ3v) is 6.66. The molecular weight excluding hydrogens is 300 g/mol. The molecule has 0 aromatic heterocycles. The van der Waals surface area contributed by atoms with Crippen LogP contribution in [-0.2, 0) is 14.8 Å². The zero-order valence-corrected chi connectivity index (χ0v) is 13.7. The van der Waals surface area contributed by atoms with Crippen LogP contribution in [0.4, 0.5) is 5.69 Å². The van der Waals surface area contributed by atoms with Crippen LogP contribution in [-0.4, -0.2) is 38.3 Å². The van der Waals surface area contributed by atoms with Gasteiger partial charge in [0.05, 0.1) is 4.90 Å². The van der Waals surface area contributed by atoms with Crippen molar-refractivity contribution in [2.24, 2.45) is 0 Å². The summed E-state index contributed by atoms with van der Waals surface area (Å²) in [4.78, 5) is 13.8. The van der Waals surface area contributed by atoms with Crippen molar-refractivity contribution >= 4 is 21.6 Å². The topological polar surface area (TPSA) is 57.7 Å². The third kappa shape index (κ3) is 2.77. The molecule has 22 heavy (non-hydrogen) atoms. The van der Waals surface area contributed by atoms with Crippen molar-refractivity contribution in [2.75, 3.05) is 18.5 Å². The molecule has 0 radical (unpaired) electrons. The minimum Gasteiger partial charge on any atom is -0.312 e. The molecule has 2 aliphatic rings. The van der Waals surface area contributed by atoms with Crippen LogP contribution in [0, 0.1) is 0 Å². The van der Waals surface area contributed by atoms with E-state index in [1.807, 2.05) is 0 Å². The summed E-state index contributed by atoms with van der Waals surface area (Å²) < 4.78 is 26.8. The lowest BCUT2D eigenvalue weighted by Gasteiger charge is -2.24. The molecule has 3 rings (SSSR count). The molecule has 0 spiro atoms. The Morgan fingerprint density at radius 3 is 2.27 bits per heavy atom. The highest BCUT2D eigenvalue weighted by Gasteiger charge is 2.30. The second-order valence-electron chi connectivity index (χ2n) is 6.10. The molecule has 0 unspecified atom stereocenters. The summed E-state index contributed by atoms with van der Waals surface area (Å²) >= 11 is 0. The normalized spacial score (nSPS) is 20.3. The van der Waals surface area contributed by atoms with Crippen LogP contribution >= 0.6 is 0 Å². The SMILES string of the molecule is CN(C1CCCC1)S(=O)(=O)c1ccc(N2CCCC2=O)cc1.